The molecule has 0 aliphatic carbocycles. The van der Waals surface area contributed by atoms with E-state index in [2.05, 4.69) is 0 Å². The first kappa shape index (κ1) is 17.2. The highest BCUT2D eigenvalue weighted by Crippen LogP contribution is 2.19. The van der Waals surface area contributed by atoms with Crippen molar-refractivity contribution in [2.75, 3.05) is 26.8 Å². The Kier molecular flexibility index (Phi) is 8.21. The number of hydrogen-bond donors (Lipinski definition) is 1. The molecule has 0 bridgehead atoms. The second-order valence-electron chi connectivity index (χ2n) is 4.85. The lowest BCUT2D eigenvalue weighted by Crippen LogP contribution is -2.25. The van der Waals surface area contributed by atoms with E-state index in [0.717, 1.165) is 30.6 Å². The van der Waals surface area contributed by atoms with Crippen molar-refractivity contribution in [3.8, 4) is 5.75 Å². The van der Waals surface area contributed by atoms with E-state index in [1.165, 1.54) is 0 Å². The smallest absolute Gasteiger partial charge is 0.246 e. The normalized spacial score (nSPS) is 10.8. The average Bonchev–Trinajstić information content (AvgIpc) is 2.50. The van der Waals surface area contributed by atoms with Crippen LogP contribution in [0.5, 0.6) is 5.75 Å². The van der Waals surface area contributed by atoms with Crippen LogP contribution in [0.1, 0.15) is 31.7 Å². The lowest BCUT2D eigenvalue weighted by Gasteiger charge is -2.14. The quantitative estimate of drug-likeness (QED) is 0.562. The van der Waals surface area contributed by atoms with Crippen molar-refractivity contribution in [1.29, 1.82) is 0 Å². The molecule has 0 saturated carbocycles. The highest BCUT2D eigenvalue weighted by Gasteiger charge is 2.05. The molecule has 0 atom stereocenters. The summed E-state index contributed by atoms with van der Waals surface area (Å²) in [4.78, 5) is 13.7. The second-order valence-corrected chi connectivity index (χ2v) is 4.85. The number of rotatable bonds is 9. The number of benzene rings is 1. The summed E-state index contributed by atoms with van der Waals surface area (Å²) >= 11 is 0. The van der Waals surface area contributed by atoms with Gasteiger partial charge in [-0.3, -0.25) is 4.79 Å². The van der Waals surface area contributed by atoms with Gasteiger partial charge < -0.3 is 14.7 Å². The van der Waals surface area contributed by atoms with Crippen molar-refractivity contribution < 1.29 is 14.6 Å². The Labute approximate surface area is 127 Å². The predicted molar refractivity (Wildman–Crippen MR) is 85.2 cm³/mol. The summed E-state index contributed by atoms with van der Waals surface area (Å²) in [6.07, 6.45) is 6.00. The standard InChI is InChI=1S/C17H25NO3/c1-3-21-16-10-6-5-9-15(16)11-12-17(20)18(2)13-7-4-8-14-19/h5-6,9-12,19H,3-4,7-8,13-14H2,1-2H3/b12-11+. The lowest BCUT2D eigenvalue weighted by atomic mass is 10.2. The molecule has 1 rings (SSSR count). The molecule has 0 spiro atoms. The minimum atomic E-state index is -0.0229. The summed E-state index contributed by atoms with van der Waals surface area (Å²) in [7, 11) is 1.79. The fourth-order valence-electron chi connectivity index (χ4n) is 1.94. The Morgan fingerprint density at radius 2 is 2.05 bits per heavy atom. The predicted octanol–water partition coefficient (Wildman–Crippen LogP) is 2.72. The van der Waals surface area contributed by atoms with Crippen LogP contribution in [0, 0.1) is 0 Å². The van der Waals surface area contributed by atoms with Crippen LogP contribution in [0.2, 0.25) is 0 Å². The number of hydrogen-bond acceptors (Lipinski definition) is 3. The molecule has 4 nitrogen and oxygen atoms in total. The van der Waals surface area contributed by atoms with Crippen LogP contribution in [-0.2, 0) is 4.79 Å². The van der Waals surface area contributed by atoms with Crippen LogP contribution in [0.4, 0.5) is 0 Å². The third-order valence-electron chi connectivity index (χ3n) is 3.15. The first-order valence-corrected chi connectivity index (χ1v) is 7.45. The molecule has 1 N–H and O–H groups in total. The summed E-state index contributed by atoms with van der Waals surface area (Å²) in [5, 5.41) is 8.72. The molecule has 0 aliphatic rings. The number of nitrogens with zero attached hydrogens (tertiary/aromatic N) is 1. The molecule has 116 valence electrons. The van der Waals surface area contributed by atoms with Gasteiger partial charge >= 0.3 is 0 Å². The fraction of sp³-hybridized carbons (Fsp3) is 0.471. The van der Waals surface area contributed by atoms with E-state index in [1.54, 1.807) is 24.1 Å². The van der Waals surface area contributed by atoms with Crippen molar-refractivity contribution in [2.45, 2.75) is 26.2 Å². The van der Waals surface area contributed by atoms with Gasteiger partial charge in [0.2, 0.25) is 5.91 Å². The van der Waals surface area contributed by atoms with Gasteiger partial charge in [0, 0.05) is 31.8 Å². The Morgan fingerprint density at radius 3 is 2.76 bits per heavy atom. The number of ether oxygens (including phenoxy) is 1. The lowest BCUT2D eigenvalue weighted by molar-refractivity contribution is -0.124. The molecule has 1 amide bonds. The molecule has 0 unspecified atom stereocenters. The van der Waals surface area contributed by atoms with Gasteiger partial charge in [0.25, 0.3) is 0 Å². The van der Waals surface area contributed by atoms with E-state index in [-0.39, 0.29) is 12.5 Å². The monoisotopic (exact) mass is 291 g/mol. The molecule has 0 saturated heterocycles. The molecule has 0 heterocycles. The third kappa shape index (κ3) is 6.45. The molecular formula is C17H25NO3. The molecule has 0 aliphatic heterocycles. The van der Waals surface area contributed by atoms with E-state index in [1.807, 2.05) is 31.2 Å². The topological polar surface area (TPSA) is 49.8 Å². The van der Waals surface area contributed by atoms with Gasteiger partial charge in [0.05, 0.1) is 6.61 Å². The zero-order valence-corrected chi connectivity index (χ0v) is 12.9. The number of amides is 1. The first-order chi connectivity index (χ1) is 10.2. The summed E-state index contributed by atoms with van der Waals surface area (Å²) < 4.78 is 5.52. The van der Waals surface area contributed by atoms with Crippen molar-refractivity contribution in [1.82, 2.24) is 4.90 Å². The highest BCUT2D eigenvalue weighted by atomic mass is 16.5. The first-order valence-electron chi connectivity index (χ1n) is 7.45. The molecule has 1 aromatic carbocycles. The second kappa shape index (κ2) is 10.00. The van der Waals surface area contributed by atoms with Gasteiger partial charge in [-0.15, -0.1) is 0 Å². The molecule has 21 heavy (non-hydrogen) atoms. The minimum absolute atomic E-state index is 0.0229. The van der Waals surface area contributed by atoms with Crippen molar-refractivity contribution in [3.05, 3.63) is 35.9 Å². The SMILES string of the molecule is CCOc1ccccc1/C=C/C(=O)N(C)CCCCCO. The number of likely N-dealkylation sites (N-methyl/N-ethyl adjacent to an activating group) is 1. The summed E-state index contributed by atoms with van der Waals surface area (Å²) in [6.45, 7) is 3.46. The van der Waals surface area contributed by atoms with Crippen LogP contribution >= 0.6 is 0 Å². The Balaban J connectivity index is 2.53. The van der Waals surface area contributed by atoms with E-state index in [9.17, 15) is 4.79 Å². The zero-order valence-electron chi connectivity index (χ0n) is 12.9. The summed E-state index contributed by atoms with van der Waals surface area (Å²) in [5.74, 6) is 0.764. The molecular weight excluding hydrogens is 266 g/mol. The number of carbonyl (C=O) groups excluding carboxylic acids is 1. The van der Waals surface area contributed by atoms with Crippen LogP contribution in [0.15, 0.2) is 30.3 Å². The maximum Gasteiger partial charge on any atom is 0.246 e. The van der Waals surface area contributed by atoms with Gasteiger partial charge in [0.15, 0.2) is 0 Å². The van der Waals surface area contributed by atoms with Crippen LogP contribution in [-0.4, -0.2) is 42.7 Å². The highest BCUT2D eigenvalue weighted by molar-refractivity contribution is 5.91. The Hall–Kier alpha value is -1.81. The van der Waals surface area contributed by atoms with Crippen molar-refractivity contribution in [3.63, 3.8) is 0 Å². The molecule has 4 heteroatoms. The van der Waals surface area contributed by atoms with Crippen LogP contribution < -0.4 is 4.74 Å². The largest absolute Gasteiger partial charge is 0.493 e. The van der Waals surface area contributed by atoms with Crippen LogP contribution in [0.25, 0.3) is 6.08 Å². The number of carbonyl (C=O) groups is 1. The summed E-state index contributed by atoms with van der Waals surface area (Å²) in [5.41, 5.74) is 0.904. The van der Waals surface area contributed by atoms with E-state index in [0.29, 0.717) is 13.2 Å². The van der Waals surface area contributed by atoms with Crippen molar-refractivity contribution >= 4 is 12.0 Å². The molecule has 0 fully saturated rings. The van der Waals surface area contributed by atoms with Gasteiger partial charge in [-0.25, -0.2) is 0 Å². The zero-order chi connectivity index (χ0) is 15.5. The maximum absolute atomic E-state index is 12.0. The van der Waals surface area contributed by atoms with Gasteiger partial charge in [-0.05, 0) is 38.3 Å². The molecule has 0 radical (unpaired) electrons. The molecule has 1 aromatic rings. The van der Waals surface area contributed by atoms with E-state index in [4.69, 9.17) is 9.84 Å². The van der Waals surface area contributed by atoms with Crippen molar-refractivity contribution in [2.24, 2.45) is 0 Å². The van der Waals surface area contributed by atoms with Crippen LogP contribution in [0.3, 0.4) is 0 Å². The van der Waals surface area contributed by atoms with Gasteiger partial charge in [-0.2, -0.15) is 0 Å². The third-order valence-corrected chi connectivity index (χ3v) is 3.15. The number of aliphatic hydroxyl groups is 1. The van der Waals surface area contributed by atoms with Gasteiger partial charge in [0.1, 0.15) is 5.75 Å². The Bertz CT molecular complexity index is 457. The Morgan fingerprint density at radius 1 is 1.29 bits per heavy atom. The average molecular weight is 291 g/mol. The maximum atomic E-state index is 12.0. The fourth-order valence-corrected chi connectivity index (χ4v) is 1.94. The van der Waals surface area contributed by atoms with E-state index >= 15 is 0 Å². The van der Waals surface area contributed by atoms with Gasteiger partial charge in [-0.1, -0.05) is 18.2 Å². The number of unbranched alkanes of at least 4 members (excludes halogenated alkanes) is 2. The minimum Gasteiger partial charge on any atom is -0.493 e. The summed E-state index contributed by atoms with van der Waals surface area (Å²) in [6, 6.07) is 7.66. The van der Waals surface area contributed by atoms with E-state index < -0.39 is 0 Å². The number of aliphatic hydroxyl groups excluding tert-OH is 1. The number of para-hydroxylation sites is 1. The molecule has 0 aromatic heterocycles.